The maximum atomic E-state index is 12.1. The van der Waals surface area contributed by atoms with Gasteiger partial charge in [0.2, 0.25) is 5.95 Å². The number of benzene rings is 1. The largest absolute Gasteiger partial charge is 0.399 e. The molecule has 6 heteroatoms. The van der Waals surface area contributed by atoms with Gasteiger partial charge in [0, 0.05) is 18.3 Å². The molecule has 0 aliphatic heterocycles. The molecule has 1 aliphatic carbocycles. The number of aromatic nitrogens is 2. The summed E-state index contributed by atoms with van der Waals surface area (Å²) in [7, 11) is 0. The van der Waals surface area contributed by atoms with Crippen LogP contribution < -0.4 is 16.2 Å². The first-order valence-corrected chi connectivity index (χ1v) is 6.86. The molecule has 6 nitrogen and oxygen atoms in total. The quantitative estimate of drug-likeness (QED) is 0.719. The molecular weight excluding hydrogens is 256 g/mol. The van der Waals surface area contributed by atoms with Gasteiger partial charge in [0.05, 0.1) is 17.5 Å². The highest BCUT2D eigenvalue weighted by atomic mass is 16.3. The van der Waals surface area contributed by atoms with E-state index in [4.69, 9.17) is 5.73 Å². The standard InChI is InChI=1S/C14H18N4O2/c15-9-4-5-12-11(8-9)13(20)17-14(16-12)18(6-7-19)10-2-1-3-10/h4-5,8,10,19H,1-3,6-7,15H2,(H,16,17,20). The fourth-order valence-electron chi connectivity index (χ4n) is 2.55. The molecule has 0 saturated heterocycles. The molecule has 0 atom stereocenters. The number of nitrogens with one attached hydrogen (secondary N) is 1. The van der Waals surface area contributed by atoms with Crippen molar-refractivity contribution in [3.05, 3.63) is 28.6 Å². The van der Waals surface area contributed by atoms with Crippen LogP contribution in [0.25, 0.3) is 10.9 Å². The van der Waals surface area contributed by atoms with E-state index in [2.05, 4.69) is 9.97 Å². The third kappa shape index (κ3) is 2.22. The number of nitrogens with two attached hydrogens (primary N) is 1. The lowest BCUT2D eigenvalue weighted by Crippen LogP contribution is -2.43. The fraction of sp³-hybridized carbons (Fsp3) is 0.429. The summed E-state index contributed by atoms with van der Waals surface area (Å²) in [6.07, 6.45) is 3.33. The molecule has 4 N–H and O–H groups in total. The number of anilines is 2. The Labute approximate surface area is 116 Å². The minimum atomic E-state index is -0.195. The van der Waals surface area contributed by atoms with Crippen molar-refractivity contribution in [2.45, 2.75) is 25.3 Å². The molecule has 3 rings (SSSR count). The van der Waals surface area contributed by atoms with Crippen molar-refractivity contribution in [3.63, 3.8) is 0 Å². The number of hydrogen-bond donors (Lipinski definition) is 3. The van der Waals surface area contributed by atoms with Crippen molar-refractivity contribution in [1.82, 2.24) is 9.97 Å². The second-order valence-corrected chi connectivity index (χ2v) is 5.17. The lowest BCUT2D eigenvalue weighted by molar-refractivity contribution is 0.282. The average Bonchev–Trinajstić information content (AvgIpc) is 2.37. The van der Waals surface area contributed by atoms with Gasteiger partial charge >= 0.3 is 0 Å². The van der Waals surface area contributed by atoms with E-state index >= 15 is 0 Å². The van der Waals surface area contributed by atoms with E-state index in [9.17, 15) is 9.90 Å². The van der Waals surface area contributed by atoms with Gasteiger partial charge in [-0.3, -0.25) is 9.78 Å². The molecule has 0 spiro atoms. The van der Waals surface area contributed by atoms with Gasteiger partial charge in [-0.1, -0.05) is 0 Å². The average molecular weight is 274 g/mol. The van der Waals surface area contributed by atoms with Crippen LogP contribution in [0.3, 0.4) is 0 Å². The summed E-state index contributed by atoms with van der Waals surface area (Å²) in [4.78, 5) is 21.4. The van der Waals surface area contributed by atoms with Crippen molar-refractivity contribution in [1.29, 1.82) is 0 Å². The van der Waals surface area contributed by atoms with Gasteiger partial charge in [-0.25, -0.2) is 4.98 Å². The molecule has 1 heterocycles. The molecule has 1 saturated carbocycles. The Hall–Kier alpha value is -2.08. The summed E-state index contributed by atoms with van der Waals surface area (Å²) < 4.78 is 0. The van der Waals surface area contributed by atoms with Crippen molar-refractivity contribution in [3.8, 4) is 0 Å². The molecule has 0 amide bonds. The Morgan fingerprint density at radius 3 is 2.90 bits per heavy atom. The summed E-state index contributed by atoms with van der Waals surface area (Å²) in [5.74, 6) is 0.533. The summed E-state index contributed by atoms with van der Waals surface area (Å²) >= 11 is 0. The van der Waals surface area contributed by atoms with Crippen molar-refractivity contribution < 1.29 is 5.11 Å². The van der Waals surface area contributed by atoms with Crippen LogP contribution in [0.15, 0.2) is 23.0 Å². The zero-order chi connectivity index (χ0) is 14.1. The summed E-state index contributed by atoms with van der Waals surface area (Å²) in [5.41, 5.74) is 6.67. The van der Waals surface area contributed by atoms with Crippen LogP contribution >= 0.6 is 0 Å². The van der Waals surface area contributed by atoms with Gasteiger partial charge in [-0.05, 0) is 37.5 Å². The molecule has 1 aliphatic rings. The van der Waals surface area contributed by atoms with Crippen LogP contribution in [0.4, 0.5) is 11.6 Å². The van der Waals surface area contributed by atoms with Crippen LogP contribution in [0.5, 0.6) is 0 Å². The van der Waals surface area contributed by atoms with E-state index in [1.807, 2.05) is 4.90 Å². The Morgan fingerprint density at radius 1 is 1.45 bits per heavy atom. The van der Waals surface area contributed by atoms with Gasteiger partial charge in [-0.2, -0.15) is 0 Å². The molecule has 1 fully saturated rings. The highest BCUT2D eigenvalue weighted by Gasteiger charge is 2.26. The fourth-order valence-corrected chi connectivity index (χ4v) is 2.55. The van der Waals surface area contributed by atoms with Crippen molar-refractivity contribution in [2.24, 2.45) is 0 Å². The maximum Gasteiger partial charge on any atom is 0.260 e. The number of fused-ring (bicyclic) bond motifs is 1. The molecule has 2 aromatic rings. The predicted molar refractivity (Wildman–Crippen MR) is 78.8 cm³/mol. The Balaban J connectivity index is 2.06. The second kappa shape index (κ2) is 5.13. The Bertz CT molecular complexity index is 678. The van der Waals surface area contributed by atoms with Crippen LogP contribution in [0, 0.1) is 0 Å². The monoisotopic (exact) mass is 274 g/mol. The Kier molecular flexibility index (Phi) is 3.31. The van der Waals surface area contributed by atoms with E-state index in [-0.39, 0.29) is 12.2 Å². The van der Waals surface area contributed by atoms with Gasteiger partial charge in [0.25, 0.3) is 5.56 Å². The van der Waals surface area contributed by atoms with Gasteiger partial charge in [-0.15, -0.1) is 0 Å². The van der Waals surface area contributed by atoms with Gasteiger partial charge < -0.3 is 15.7 Å². The van der Waals surface area contributed by atoms with Crippen LogP contribution in [-0.2, 0) is 0 Å². The molecule has 1 aromatic heterocycles. The maximum absolute atomic E-state index is 12.1. The lowest BCUT2D eigenvalue weighted by atomic mass is 9.92. The highest BCUT2D eigenvalue weighted by Crippen LogP contribution is 2.27. The van der Waals surface area contributed by atoms with Crippen LogP contribution in [-0.4, -0.2) is 34.3 Å². The van der Waals surface area contributed by atoms with Crippen molar-refractivity contribution in [2.75, 3.05) is 23.8 Å². The minimum Gasteiger partial charge on any atom is -0.399 e. The van der Waals surface area contributed by atoms with E-state index in [0.717, 1.165) is 12.8 Å². The van der Waals surface area contributed by atoms with Crippen molar-refractivity contribution >= 4 is 22.5 Å². The van der Waals surface area contributed by atoms with Gasteiger partial charge in [0.15, 0.2) is 0 Å². The third-order valence-corrected chi connectivity index (χ3v) is 3.85. The van der Waals surface area contributed by atoms with Gasteiger partial charge in [0.1, 0.15) is 0 Å². The molecule has 0 radical (unpaired) electrons. The summed E-state index contributed by atoms with van der Waals surface area (Å²) in [6, 6.07) is 5.47. The van der Waals surface area contributed by atoms with Crippen LogP contribution in [0.2, 0.25) is 0 Å². The first kappa shape index (κ1) is 12.9. The number of aliphatic hydroxyl groups excluding tert-OH is 1. The van der Waals surface area contributed by atoms with Crippen LogP contribution in [0.1, 0.15) is 19.3 Å². The summed E-state index contributed by atoms with van der Waals surface area (Å²) in [6.45, 7) is 0.522. The minimum absolute atomic E-state index is 0.0417. The number of H-pyrrole nitrogens is 1. The predicted octanol–water partition coefficient (Wildman–Crippen LogP) is 0.856. The molecular formula is C14H18N4O2. The number of rotatable bonds is 4. The second-order valence-electron chi connectivity index (χ2n) is 5.17. The van der Waals surface area contributed by atoms with E-state index < -0.39 is 0 Å². The topological polar surface area (TPSA) is 95.2 Å². The summed E-state index contributed by atoms with van der Waals surface area (Å²) in [5, 5.41) is 9.70. The molecule has 0 bridgehead atoms. The smallest absolute Gasteiger partial charge is 0.260 e. The SMILES string of the molecule is Nc1ccc2nc(N(CCO)C3CCC3)[nH]c(=O)c2c1. The Morgan fingerprint density at radius 2 is 2.25 bits per heavy atom. The number of nitrogen functional groups attached to an aromatic ring is 1. The normalized spacial score (nSPS) is 15.2. The zero-order valence-electron chi connectivity index (χ0n) is 11.2. The van der Waals surface area contributed by atoms with E-state index in [1.165, 1.54) is 6.42 Å². The number of hydrogen-bond acceptors (Lipinski definition) is 5. The number of nitrogens with zero attached hydrogens (tertiary/aromatic N) is 2. The molecule has 1 aromatic carbocycles. The molecule has 0 unspecified atom stereocenters. The molecule has 20 heavy (non-hydrogen) atoms. The first-order valence-electron chi connectivity index (χ1n) is 6.86. The zero-order valence-corrected chi connectivity index (χ0v) is 11.2. The van der Waals surface area contributed by atoms with E-state index in [0.29, 0.717) is 35.1 Å². The molecule has 106 valence electrons. The lowest BCUT2D eigenvalue weighted by Gasteiger charge is -2.37. The highest BCUT2D eigenvalue weighted by molar-refractivity contribution is 5.81. The third-order valence-electron chi connectivity index (χ3n) is 3.85. The number of aliphatic hydroxyl groups is 1. The number of aromatic amines is 1. The first-order chi connectivity index (χ1) is 9.69. The van der Waals surface area contributed by atoms with E-state index in [1.54, 1.807) is 18.2 Å².